The first-order chi connectivity index (χ1) is 11.6. The number of hydrogen-bond donors (Lipinski definition) is 0. The topological polar surface area (TPSA) is 40.6 Å². The van der Waals surface area contributed by atoms with Crippen molar-refractivity contribution < 1.29 is 9.59 Å². The molecule has 1 unspecified atom stereocenters. The average molecular weight is 320 g/mol. The molecule has 1 fully saturated rings. The second kappa shape index (κ2) is 5.87. The number of carbonyl (C=O) groups excluding carboxylic acids is 2. The molecule has 2 heterocycles. The summed E-state index contributed by atoms with van der Waals surface area (Å²) in [5.41, 5.74) is 3.68. The van der Waals surface area contributed by atoms with Gasteiger partial charge in [-0.3, -0.25) is 14.5 Å². The SMILES string of the molecule is Cc1ccc2c(c1)N(C1CCN(Cc3ccccc3)C1)C(=O)C2=O. The van der Waals surface area contributed by atoms with Crippen molar-refractivity contribution in [1.29, 1.82) is 0 Å². The Morgan fingerprint density at radius 3 is 2.67 bits per heavy atom. The van der Waals surface area contributed by atoms with Gasteiger partial charge >= 0.3 is 0 Å². The van der Waals surface area contributed by atoms with Gasteiger partial charge in [0.15, 0.2) is 0 Å². The van der Waals surface area contributed by atoms with Crippen LogP contribution in [0.3, 0.4) is 0 Å². The zero-order valence-electron chi connectivity index (χ0n) is 13.7. The molecule has 4 rings (SSSR count). The fourth-order valence-corrected chi connectivity index (χ4v) is 3.74. The Morgan fingerprint density at radius 2 is 1.88 bits per heavy atom. The molecule has 1 atom stereocenters. The molecule has 1 saturated heterocycles. The minimum absolute atomic E-state index is 0.0770. The Balaban J connectivity index is 1.54. The molecule has 4 nitrogen and oxygen atoms in total. The molecule has 4 heteroatoms. The lowest BCUT2D eigenvalue weighted by atomic mass is 10.1. The van der Waals surface area contributed by atoms with Crippen molar-refractivity contribution in [1.82, 2.24) is 4.90 Å². The molecule has 2 aliphatic heterocycles. The third-order valence-corrected chi connectivity index (χ3v) is 4.93. The summed E-state index contributed by atoms with van der Waals surface area (Å²) < 4.78 is 0. The van der Waals surface area contributed by atoms with Gasteiger partial charge in [0.25, 0.3) is 11.7 Å². The van der Waals surface area contributed by atoms with Crippen molar-refractivity contribution in [3.05, 3.63) is 65.2 Å². The van der Waals surface area contributed by atoms with Gasteiger partial charge in [-0.25, -0.2) is 0 Å². The van der Waals surface area contributed by atoms with Crippen LogP contribution in [0.4, 0.5) is 5.69 Å². The van der Waals surface area contributed by atoms with E-state index in [9.17, 15) is 9.59 Å². The van der Waals surface area contributed by atoms with E-state index in [2.05, 4.69) is 17.0 Å². The summed E-state index contributed by atoms with van der Waals surface area (Å²) in [6.45, 7) is 4.62. The van der Waals surface area contributed by atoms with Crippen LogP contribution in [-0.2, 0) is 11.3 Å². The first-order valence-electron chi connectivity index (χ1n) is 8.38. The van der Waals surface area contributed by atoms with Gasteiger partial charge in [0.2, 0.25) is 0 Å². The fourth-order valence-electron chi connectivity index (χ4n) is 3.74. The molecule has 0 aromatic heterocycles. The minimum Gasteiger partial charge on any atom is -0.300 e. The number of likely N-dealkylation sites (tertiary alicyclic amines) is 1. The van der Waals surface area contributed by atoms with E-state index in [1.54, 1.807) is 11.0 Å². The van der Waals surface area contributed by atoms with E-state index in [0.29, 0.717) is 5.56 Å². The lowest BCUT2D eigenvalue weighted by Crippen LogP contribution is -2.41. The number of Topliss-reactive ketones (excluding diaryl/α,β-unsaturated/α-hetero) is 1. The fraction of sp³-hybridized carbons (Fsp3) is 0.300. The number of carbonyl (C=O) groups is 2. The number of anilines is 1. The molecule has 24 heavy (non-hydrogen) atoms. The van der Waals surface area contributed by atoms with E-state index in [1.165, 1.54) is 5.56 Å². The summed E-state index contributed by atoms with van der Waals surface area (Å²) in [5.74, 6) is -0.742. The zero-order chi connectivity index (χ0) is 16.7. The standard InChI is InChI=1S/C20H20N2O2/c1-14-7-8-17-18(11-14)22(20(24)19(17)23)16-9-10-21(13-16)12-15-5-3-2-4-6-15/h2-8,11,16H,9-10,12-13H2,1H3. The van der Waals surface area contributed by atoms with E-state index in [0.717, 1.165) is 37.3 Å². The maximum absolute atomic E-state index is 12.5. The smallest absolute Gasteiger partial charge is 0.299 e. The van der Waals surface area contributed by atoms with E-state index in [1.807, 2.05) is 37.3 Å². The van der Waals surface area contributed by atoms with E-state index >= 15 is 0 Å². The van der Waals surface area contributed by atoms with Crippen molar-refractivity contribution in [2.75, 3.05) is 18.0 Å². The van der Waals surface area contributed by atoms with Crippen molar-refractivity contribution in [2.45, 2.75) is 25.9 Å². The number of nitrogens with zero attached hydrogens (tertiary/aromatic N) is 2. The van der Waals surface area contributed by atoms with Gasteiger partial charge in [-0.1, -0.05) is 36.4 Å². The Morgan fingerprint density at radius 1 is 1.08 bits per heavy atom. The number of fused-ring (bicyclic) bond motifs is 1. The molecule has 0 bridgehead atoms. The molecule has 0 radical (unpaired) electrons. The van der Waals surface area contributed by atoms with Crippen LogP contribution in [0.2, 0.25) is 0 Å². The highest BCUT2D eigenvalue weighted by molar-refractivity contribution is 6.52. The van der Waals surface area contributed by atoms with Gasteiger partial charge in [-0.2, -0.15) is 0 Å². The monoisotopic (exact) mass is 320 g/mol. The summed E-state index contributed by atoms with van der Waals surface area (Å²) >= 11 is 0. The normalized spacial score (nSPS) is 20.7. The summed E-state index contributed by atoms with van der Waals surface area (Å²) in [5, 5.41) is 0. The molecule has 1 amide bonds. The number of amides is 1. The van der Waals surface area contributed by atoms with Crippen molar-refractivity contribution in [3.8, 4) is 0 Å². The van der Waals surface area contributed by atoms with E-state index in [-0.39, 0.29) is 17.7 Å². The molecular weight excluding hydrogens is 300 g/mol. The van der Waals surface area contributed by atoms with Gasteiger partial charge in [-0.05, 0) is 36.6 Å². The van der Waals surface area contributed by atoms with Gasteiger partial charge in [-0.15, -0.1) is 0 Å². The zero-order valence-corrected chi connectivity index (χ0v) is 13.7. The molecule has 0 saturated carbocycles. The highest BCUT2D eigenvalue weighted by Gasteiger charge is 2.41. The molecule has 0 aliphatic carbocycles. The van der Waals surface area contributed by atoms with Gasteiger partial charge < -0.3 is 4.90 Å². The van der Waals surface area contributed by atoms with Crippen LogP contribution in [0.15, 0.2) is 48.5 Å². The highest BCUT2D eigenvalue weighted by atomic mass is 16.2. The average Bonchev–Trinajstić information content (AvgIpc) is 3.12. The third-order valence-electron chi connectivity index (χ3n) is 4.93. The third kappa shape index (κ3) is 2.53. The molecule has 0 N–H and O–H groups in total. The predicted octanol–water partition coefficient (Wildman–Crippen LogP) is 2.80. The quantitative estimate of drug-likeness (QED) is 0.817. The molecule has 0 spiro atoms. The maximum Gasteiger partial charge on any atom is 0.299 e. The number of ketones is 1. The van der Waals surface area contributed by atoms with Crippen molar-refractivity contribution in [2.24, 2.45) is 0 Å². The van der Waals surface area contributed by atoms with Crippen LogP contribution in [0.25, 0.3) is 0 Å². The Bertz CT molecular complexity index is 801. The minimum atomic E-state index is -0.373. The van der Waals surface area contributed by atoms with Crippen molar-refractivity contribution in [3.63, 3.8) is 0 Å². The lowest BCUT2D eigenvalue weighted by molar-refractivity contribution is -0.114. The van der Waals surface area contributed by atoms with Crippen LogP contribution in [-0.4, -0.2) is 35.7 Å². The molecule has 122 valence electrons. The number of aryl methyl sites for hydroxylation is 1. The highest BCUT2D eigenvalue weighted by Crippen LogP contribution is 2.34. The Kier molecular flexibility index (Phi) is 3.69. The largest absolute Gasteiger partial charge is 0.300 e. The molecule has 2 aromatic carbocycles. The van der Waals surface area contributed by atoms with Gasteiger partial charge in [0.05, 0.1) is 17.3 Å². The summed E-state index contributed by atoms with van der Waals surface area (Å²) in [7, 11) is 0. The second-order valence-corrected chi connectivity index (χ2v) is 6.69. The van der Waals surface area contributed by atoms with Crippen LogP contribution in [0.5, 0.6) is 0 Å². The molecular formula is C20H20N2O2. The van der Waals surface area contributed by atoms with E-state index < -0.39 is 0 Å². The van der Waals surface area contributed by atoms with Crippen LogP contribution in [0, 0.1) is 6.92 Å². The second-order valence-electron chi connectivity index (χ2n) is 6.69. The summed E-state index contributed by atoms with van der Waals surface area (Å²) in [6, 6.07) is 16.1. The van der Waals surface area contributed by atoms with Crippen molar-refractivity contribution >= 4 is 17.4 Å². The Hall–Kier alpha value is -2.46. The van der Waals surface area contributed by atoms with Gasteiger partial charge in [0.1, 0.15) is 0 Å². The van der Waals surface area contributed by atoms with Crippen LogP contribution >= 0.6 is 0 Å². The van der Waals surface area contributed by atoms with Gasteiger partial charge in [0, 0.05) is 19.6 Å². The molecule has 2 aliphatic rings. The van der Waals surface area contributed by atoms with E-state index in [4.69, 9.17) is 0 Å². The first kappa shape index (κ1) is 15.1. The number of benzene rings is 2. The summed E-state index contributed by atoms with van der Waals surface area (Å²) in [4.78, 5) is 28.8. The maximum atomic E-state index is 12.5. The van der Waals surface area contributed by atoms with Crippen LogP contribution in [0.1, 0.15) is 27.9 Å². The number of rotatable bonds is 3. The Labute approximate surface area is 141 Å². The molecule has 2 aromatic rings. The first-order valence-corrected chi connectivity index (χ1v) is 8.38. The number of hydrogen-bond acceptors (Lipinski definition) is 3. The van der Waals surface area contributed by atoms with Crippen LogP contribution < -0.4 is 4.90 Å². The predicted molar refractivity (Wildman–Crippen MR) is 93.1 cm³/mol. The summed E-state index contributed by atoms with van der Waals surface area (Å²) in [6.07, 6.45) is 0.902. The lowest BCUT2D eigenvalue weighted by Gasteiger charge is -2.25.